The average Bonchev–Trinajstić information content (AvgIpc) is 2.48. The van der Waals surface area contributed by atoms with Crippen LogP contribution in [0.25, 0.3) is 10.9 Å². The van der Waals surface area contributed by atoms with Gasteiger partial charge in [0.25, 0.3) is 0 Å². The molecule has 1 aliphatic carbocycles. The molecule has 1 heteroatoms. The molecular formula is C19H17N. The minimum absolute atomic E-state index is 0.644. The molecule has 1 nitrogen and oxygen atoms in total. The molecule has 98 valence electrons. The number of pyridine rings is 1. The summed E-state index contributed by atoms with van der Waals surface area (Å²) in [6.07, 6.45) is 4.54. The third kappa shape index (κ3) is 1.82. The van der Waals surface area contributed by atoms with Crippen LogP contribution in [0.1, 0.15) is 35.8 Å². The van der Waals surface area contributed by atoms with Crippen molar-refractivity contribution in [2.45, 2.75) is 24.7 Å². The van der Waals surface area contributed by atoms with Crippen LogP contribution in [0, 0.1) is 0 Å². The lowest BCUT2D eigenvalue weighted by Gasteiger charge is -2.38. The topological polar surface area (TPSA) is 12.9 Å². The van der Waals surface area contributed by atoms with E-state index < -0.39 is 0 Å². The summed E-state index contributed by atoms with van der Waals surface area (Å²) in [5.41, 5.74) is 4.06. The van der Waals surface area contributed by atoms with E-state index in [0.29, 0.717) is 11.8 Å². The van der Waals surface area contributed by atoms with E-state index in [1.807, 2.05) is 6.20 Å². The summed E-state index contributed by atoms with van der Waals surface area (Å²) >= 11 is 0. The molecule has 0 N–H and O–H groups in total. The Morgan fingerprint density at radius 1 is 0.750 bits per heavy atom. The summed E-state index contributed by atoms with van der Waals surface area (Å²) in [6.45, 7) is 0. The lowest BCUT2D eigenvalue weighted by molar-refractivity contribution is 0.348. The maximum absolute atomic E-state index is 4.48. The van der Waals surface area contributed by atoms with Crippen molar-refractivity contribution in [2.75, 3.05) is 0 Å². The van der Waals surface area contributed by atoms with Crippen molar-refractivity contribution in [1.82, 2.24) is 4.98 Å². The monoisotopic (exact) mass is 259 g/mol. The number of nitrogens with zero attached hydrogens (tertiary/aromatic N) is 1. The van der Waals surface area contributed by atoms with Gasteiger partial charge < -0.3 is 0 Å². The fraction of sp³-hybridized carbons (Fsp3) is 0.211. The van der Waals surface area contributed by atoms with E-state index in [1.54, 1.807) is 0 Å². The number of aromatic nitrogens is 1. The van der Waals surface area contributed by atoms with Crippen molar-refractivity contribution < 1.29 is 0 Å². The minimum Gasteiger partial charge on any atom is -0.256 e. The Balaban J connectivity index is 1.77. The molecule has 1 heterocycles. The molecular weight excluding hydrogens is 242 g/mol. The molecule has 1 aliphatic rings. The highest BCUT2D eigenvalue weighted by Crippen LogP contribution is 2.50. The standard InChI is InChI=1S/C19H17N/c1-2-6-14(7-3-1)15-10-11-16(15)17-12-13-20-19-9-5-4-8-18(17)19/h1-9,12-13,15-16H,10-11H2. The number of para-hydroxylation sites is 1. The second-order valence-corrected chi connectivity index (χ2v) is 5.62. The van der Waals surface area contributed by atoms with Gasteiger partial charge in [0, 0.05) is 11.6 Å². The van der Waals surface area contributed by atoms with Crippen LogP contribution in [-0.2, 0) is 0 Å². The van der Waals surface area contributed by atoms with Crippen molar-refractivity contribution in [1.29, 1.82) is 0 Å². The molecule has 0 radical (unpaired) electrons. The van der Waals surface area contributed by atoms with Crippen LogP contribution in [-0.4, -0.2) is 4.98 Å². The molecule has 1 saturated carbocycles. The Kier molecular flexibility index (Phi) is 2.77. The molecule has 1 aromatic heterocycles. The molecule has 2 atom stereocenters. The first kappa shape index (κ1) is 11.7. The molecule has 4 rings (SSSR count). The van der Waals surface area contributed by atoms with Crippen molar-refractivity contribution in [3.63, 3.8) is 0 Å². The summed E-state index contributed by atoms with van der Waals surface area (Å²) in [4.78, 5) is 4.48. The largest absolute Gasteiger partial charge is 0.256 e. The summed E-state index contributed by atoms with van der Waals surface area (Å²) in [5, 5.41) is 1.32. The van der Waals surface area contributed by atoms with Crippen LogP contribution in [0.2, 0.25) is 0 Å². The predicted molar refractivity (Wildman–Crippen MR) is 82.9 cm³/mol. The molecule has 0 aliphatic heterocycles. The third-order valence-corrected chi connectivity index (χ3v) is 4.58. The average molecular weight is 259 g/mol. The van der Waals surface area contributed by atoms with E-state index in [9.17, 15) is 0 Å². The van der Waals surface area contributed by atoms with Crippen molar-refractivity contribution >= 4 is 10.9 Å². The fourth-order valence-electron chi connectivity index (χ4n) is 3.41. The Bertz CT molecular complexity index is 728. The molecule has 1 fully saturated rings. The number of fused-ring (bicyclic) bond motifs is 1. The van der Waals surface area contributed by atoms with E-state index in [-0.39, 0.29) is 0 Å². The molecule has 20 heavy (non-hydrogen) atoms. The molecule has 0 spiro atoms. The first-order valence-corrected chi connectivity index (χ1v) is 7.32. The SMILES string of the molecule is c1ccc(C2CCC2c2ccnc3ccccc23)cc1. The molecule has 2 aromatic carbocycles. The highest BCUT2D eigenvalue weighted by atomic mass is 14.6. The van der Waals surface area contributed by atoms with E-state index in [0.717, 1.165) is 5.52 Å². The Hall–Kier alpha value is -2.15. The van der Waals surface area contributed by atoms with Gasteiger partial charge in [-0.15, -0.1) is 0 Å². The molecule has 0 amide bonds. The minimum atomic E-state index is 0.644. The maximum Gasteiger partial charge on any atom is 0.0704 e. The molecule has 0 saturated heterocycles. The number of hydrogen-bond donors (Lipinski definition) is 0. The van der Waals surface area contributed by atoms with E-state index >= 15 is 0 Å². The normalized spacial score (nSPS) is 21.6. The Morgan fingerprint density at radius 2 is 1.50 bits per heavy atom. The smallest absolute Gasteiger partial charge is 0.0704 e. The highest BCUT2D eigenvalue weighted by molar-refractivity contribution is 5.82. The lowest BCUT2D eigenvalue weighted by atomic mass is 9.66. The predicted octanol–water partition coefficient (Wildman–Crippen LogP) is 4.90. The lowest BCUT2D eigenvalue weighted by Crippen LogP contribution is -2.22. The summed E-state index contributed by atoms with van der Waals surface area (Å²) in [7, 11) is 0. The number of rotatable bonds is 2. The molecule has 3 aromatic rings. The zero-order valence-electron chi connectivity index (χ0n) is 11.4. The van der Waals surface area contributed by atoms with Crippen LogP contribution in [0.5, 0.6) is 0 Å². The van der Waals surface area contributed by atoms with Crippen LogP contribution in [0.4, 0.5) is 0 Å². The van der Waals surface area contributed by atoms with Gasteiger partial charge in [0.1, 0.15) is 0 Å². The van der Waals surface area contributed by atoms with Gasteiger partial charge in [0.2, 0.25) is 0 Å². The fourth-order valence-corrected chi connectivity index (χ4v) is 3.41. The summed E-state index contributed by atoms with van der Waals surface area (Å²) in [5.74, 6) is 1.31. The van der Waals surface area contributed by atoms with Crippen molar-refractivity contribution in [3.05, 3.63) is 78.0 Å². The van der Waals surface area contributed by atoms with Gasteiger partial charge in [0.05, 0.1) is 5.52 Å². The zero-order chi connectivity index (χ0) is 13.4. The van der Waals surface area contributed by atoms with E-state index in [1.165, 1.54) is 29.4 Å². The Labute approximate surface area is 119 Å². The van der Waals surface area contributed by atoms with Gasteiger partial charge in [-0.2, -0.15) is 0 Å². The Morgan fingerprint density at radius 3 is 2.30 bits per heavy atom. The molecule has 0 bridgehead atoms. The highest BCUT2D eigenvalue weighted by Gasteiger charge is 2.33. The van der Waals surface area contributed by atoms with Gasteiger partial charge >= 0.3 is 0 Å². The van der Waals surface area contributed by atoms with Crippen LogP contribution in [0.15, 0.2) is 66.9 Å². The first-order valence-electron chi connectivity index (χ1n) is 7.32. The number of hydrogen-bond acceptors (Lipinski definition) is 1. The van der Waals surface area contributed by atoms with Gasteiger partial charge in [-0.05, 0) is 47.9 Å². The zero-order valence-corrected chi connectivity index (χ0v) is 11.4. The quantitative estimate of drug-likeness (QED) is 0.638. The molecule has 2 unspecified atom stereocenters. The summed E-state index contributed by atoms with van der Waals surface area (Å²) < 4.78 is 0. The van der Waals surface area contributed by atoms with E-state index in [2.05, 4.69) is 65.6 Å². The number of benzene rings is 2. The van der Waals surface area contributed by atoms with Gasteiger partial charge in [-0.1, -0.05) is 48.5 Å². The second kappa shape index (κ2) is 4.75. The van der Waals surface area contributed by atoms with E-state index in [4.69, 9.17) is 0 Å². The van der Waals surface area contributed by atoms with Crippen LogP contribution < -0.4 is 0 Å². The van der Waals surface area contributed by atoms with Crippen LogP contribution in [0.3, 0.4) is 0 Å². The van der Waals surface area contributed by atoms with Gasteiger partial charge in [0.15, 0.2) is 0 Å². The van der Waals surface area contributed by atoms with Crippen molar-refractivity contribution in [2.24, 2.45) is 0 Å². The summed E-state index contributed by atoms with van der Waals surface area (Å²) in [6, 6.07) is 21.6. The second-order valence-electron chi connectivity index (χ2n) is 5.62. The third-order valence-electron chi connectivity index (χ3n) is 4.58. The maximum atomic E-state index is 4.48. The van der Waals surface area contributed by atoms with Crippen molar-refractivity contribution in [3.8, 4) is 0 Å². The van der Waals surface area contributed by atoms with Gasteiger partial charge in [-0.3, -0.25) is 4.98 Å². The van der Waals surface area contributed by atoms with Crippen LogP contribution >= 0.6 is 0 Å². The van der Waals surface area contributed by atoms with Gasteiger partial charge in [-0.25, -0.2) is 0 Å². The first-order chi connectivity index (χ1) is 9.93.